The molecule has 5 heteroatoms. The topological polar surface area (TPSA) is 55.5 Å². The summed E-state index contributed by atoms with van der Waals surface area (Å²) in [4.78, 5) is 0. The van der Waals surface area contributed by atoms with Crippen molar-refractivity contribution in [3.63, 3.8) is 0 Å². The minimum absolute atomic E-state index is 0.139. The van der Waals surface area contributed by atoms with Crippen LogP contribution in [0.3, 0.4) is 0 Å². The van der Waals surface area contributed by atoms with Crippen LogP contribution in [-0.4, -0.2) is 17.8 Å². The van der Waals surface area contributed by atoms with E-state index < -0.39 is 17.7 Å². The molecule has 0 aliphatic rings. The van der Waals surface area contributed by atoms with E-state index in [4.69, 9.17) is 15.6 Å². The molecule has 0 heterocycles. The number of ether oxygens (including phenoxy) is 1. The van der Waals surface area contributed by atoms with Crippen molar-refractivity contribution in [2.24, 2.45) is 5.73 Å². The van der Waals surface area contributed by atoms with Crippen LogP contribution in [0.5, 0.6) is 11.5 Å². The van der Waals surface area contributed by atoms with E-state index in [1.54, 1.807) is 12.1 Å². The fraction of sp³-hybridized carbons (Fsp3) is 0.200. The van der Waals surface area contributed by atoms with Gasteiger partial charge in [0.05, 0.1) is 6.61 Å². The molecule has 0 amide bonds. The molecule has 0 aliphatic carbocycles. The van der Waals surface area contributed by atoms with Gasteiger partial charge in [0.15, 0.2) is 11.6 Å². The molecular weight excluding hydrogens is 264 g/mol. The van der Waals surface area contributed by atoms with E-state index in [1.807, 2.05) is 12.1 Å². The van der Waals surface area contributed by atoms with Crippen molar-refractivity contribution >= 4 is 0 Å². The smallest absolute Gasteiger partial charge is 0.162 e. The minimum atomic E-state index is -0.966. The lowest BCUT2D eigenvalue weighted by Crippen LogP contribution is -2.26. The van der Waals surface area contributed by atoms with Crippen molar-refractivity contribution in [3.8, 4) is 11.5 Å². The average molecular weight is 279 g/mol. The van der Waals surface area contributed by atoms with Gasteiger partial charge in [-0.15, -0.1) is 0 Å². The number of halogens is 2. The molecule has 0 radical (unpaired) electrons. The summed E-state index contributed by atoms with van der Waals surface area (Å²) in [5.74, 6) is -1.18. The van der Waals surface area contributed by atoms with Crippen LogP contribution in [0.25, 0.3) is 0 Å². The summed E-state index contributed by atoms with van der Waals surface area (Å²) in [5.41, 5.74) is 6.49. The Hall–Kier alpha value is -1.98. The highest BCUT2D eigenvalue weighted by molar-refractivity contribution is 5.38. The van der Waals surface area contributed by atoms with Gasteiger partial charge in [-0.2, -0.15) is 0 Å². The zero-order valence-corrected chi connectivity index (χ0v) is 10.7. The molecule has 2 aromatic carbocycles. The SMILES string of the molecule is NC(CO)Cc1ccccc1Oc1ccc(F)c(F)c1. The maximum Gasteiger partial charge on any atom is 0.162 e. The second-order valence-electron chi connectivity index (χ2n) is 4.43. The third-order valence-electron chi connectivity index (χ3n) is 2.81. The van der Waals surface area contributed by atoms with Crippen LogP contribution in [0.4, 0.5) is 8.78 Å². The summed E-state index contributed by atoms with van der Waals surface area (Å²) < 4.78 is 31.5. The number of aliphatic hydroxyl groups is 1. The molecule has 1 unspecified atom stereocenters. The first kappa shape index (κ1) is 14.4. The molecule has 2 rings (SSSR count). The summed E-state index contributed by atoms with van der Waals surface area (Å²) in [6, 6.07) is 10.0. The van der Waals surface area contributed by atoms with Crippen molar-refractivity contribution in [1.82, 2.24) is 0 Å². The van der Waals surface area contributed by atoms with E-state index in [9.17, 15) is 8.78 Å². The molecule has 0 saturated heterocycles. The Bertz CT molecular complexity index is 590. The zero-order chi connectivity index (χ0) is 14.5. The van der Waals surface area contributed by atoms with E-state index in [2.05, 4.69) is 0 Å². The van der Waals surface area contributed by atoms with Gasteiger partial charge in [-0.3, -0.25) is 0 Å². The van der Waals surface area contributed by atoms with E-state index >= 15 is 0 Å². The van der Waals surface area contributed by atoms with E-state index in [0.717, 1.165) is 17.7 Å². The predicted molar refractivity (Wildman–Crippen MR) is 71.6 cm³/mol. The van der Waals surface area contributed by atoms with Crippen LogP contribution in [0.15, 0.2) is 42.5 Å². The third-order valence-corrected chi connectivity index (χ3v) is 2.81. The van der Waals surface area contributed by atoms with Crippen molar-refractivity contribution in [2.45, 2.75) is 12.5 Å². The normalized spacial score (nSPS) is 12.2. The summed E-state index contributed by atoms with van der Waals surface area (Å²) >= 11 is 0. The monoisotopic (exact) mass is 279 g/mol. The number of para-hydroxylation sites is 1. The summed E-state index contributed by atoms with van der Waals surface area (Å²) in [6.45, 7) is -0.139. The fourth-order valence-corrected chi connectivity index (χ4v) is 1.79. The lowest BCUT2D eigenvalue weighted by atomic mass is 10.1. The van der Waals surface area contributed by atoms with Gasteiger partial charge in [0, 0.05) is 12.1 Å². The Kier molecular flexibility index (Phi) is 4.65. The van der Waals surface area contributed by atoms with Gasteiger partial charge in [-0.05, 0) is 30.2 Å². The lowest BCUT2D eigenvalue weighted by Gasteiger charge is -2.13. The van der Waals surface area contributed by atoms with Gasteiger partial charge >= 0.3 is 0 Å². The lowest BCUT2D eigenvalue weighted by molar-refractivity contribution is 0.264. The van der Waals surface area contributed by atoms with Crippen LogP contribution >= 0.6 is 0 Å². The van der Waals surface area contributed by atoms with Crippen molar-refractivity contribution in [2.75, 3.05) is 6.61 Å². The largest absolute Gasteiger partial charge is 0.457 e. The molecule has 3 N–H and O–H groups in total. The molecule has 0 bridgehead atoms. The standard InChI is InChI=1S/C15H15F2NO2/c16-13-6-5-12(8-14(13)17)20-15-4-2-1-3-10(15)7-11(18)9-19/h1-6,8,11,19H,7,9,18H2. The second-order valence-corrected chi connectivity index (χ2v) is 4.43. The maximum absolute atomic E-state index is 13.1. The van der Waals surface area contributed by atoms with Gasteiger partial charge in [0.1, 0.15) is 11.5 Å². The van der Waals surface area contributed by atoms with Crippen molar-refractivity contribution in [3.05, 3.63) is 59.7 Å². The van der Waals surface area contributed by atoms with Gasteiger partial charge in [-0.25, -0.2) is 8.78 Å². The molecule has 1 atom stereocenters. The summed E-state index contributed by atoms with van der Waals surface area (Å²) in [7, 11) is 0. The van der Waals surface area contributed by atoms with Crippen LogP contribution in [0, 0.1) is 11.6 Å². The number of hydrogen-bond donors (Lipinski definition) is 2. The molecule has 0 fully saturated rings. The molecule has 0 spiro atoms. The first-order valence-electron chi connectivity index (χ1n) is 6.17. The molecule has 0 saturated carbocycles. The number of rotatable bonds is 5. The van der Waals surface area contributed by atoms with Gasteiger partial charge < -0.3 is 15.6 Å². The molecular formula is C15H15F2NO2. The van der Waals surface area contributed by atoms with Crippen molar-refractivity contribution in [1.29, 1.82) is 0 Å². The molecule has 2 aromatic rings. The van der Waals surface area contributed by atoms with Gasteiger partial charge in [0.25, 0.3) is 0 Å². The molecule has 3 nitrogen and oxygen atoms in total. The molecule has 106 valence electrons. The van der Waals surface area contributed by atoms with Crippen LogP contribution < -0.4 is 10.5 Å². The van der Waals surface area contributed by atoms with Crippen LogP contribution in [0.2, 0.25) is 0 Å². The van der Waals surface area contributed by atoms with E-state index in [0.29, 0.717) is 12.2 Å². The molecule has 0 aromatic heterocycles. The zero-order valence-electron chi connectivity index (χ0n) is 10.7. The second kappa shape index (κ2) is 6.45. The third kappa shape index (κ3) is 3.53. The first-order chi connectivity index (χ1) is 9.60. The highest BCUT2D eigenvalue weighted by Crippen LogP contribution is 2.27. The highest BCUT2D eigenvalue weighted by atomic mass is 19.2. The molecule has 20 heavy (non-hydrogen) atoms. The van der Waals surface area contributed by atoms with Gasteiger partial charge in [-0.1, -0.05) is 18.2 Å². The van der Waals surface area contributed by atoms with Crippen LogP contribution in [-0.2, 0) is 6.42 Å². The van der Waals surface area contributed by atoms with E-state index in [1.165, 1.54) is 6.07 Å². The summed E-state index contributed by atoms with van der Waals surface area (Å²) in [5, 5.41) is 8.99. The fourth-order valence-electron chi connectivity index (χ4n) is 1.79. The minimum Gasteiger partial charge on any atom is -0.457 e. The maximum atomic E-state index is 13.1. The Balaban J connectivity index is 2.22. The molecule has 0 aliphatic heterocycles. The number of hydrogen-bond acceptors (Lipinski definition) is 3. The Labute approximate surface area is 115 Å². The Morgan fingerprint density at radius 3 is 2.55 bits per heavy atom. The highest BCUT2D eigenvalue weighted by Gasteiger charge is 2.10. The Morgan fingerprint density at radius 2 is 1.85 bits per heavy atom. The van der Waals surface area contributed by atoms with Crippen LogP contribution in [0.1, 0.15) is 5.56 Å². The van der Waals surface area contributed by atoms with Crippen molar-refractivity contribution < 1.29 is 18.6 Å². The summed E-state index contributed by atoms with van der Waals surface area (Å²) in [6.07, 6.45) is 0.427. The average Bonchev–Trinajstić information content (AvgIpc) is 2.45. The Morgan fingerprint density at radius 1 is 1.10 bits per heavy atom. The predicted octanol–water partition coefficient (Wildman–Crippen LogP) is 2.62. The number of benzene rings is 2. The number of nitrogens with two attached hydrogens (primary N) is 1. The van der Waals surface area contributed by atoms with E-state index in [-0.39, 0.29) is 12.4 Å². The van der Waals surface area contributed by atoms with Gasteiger partial charge in [0.2, 0.25) is 0 Å². The first-order valence-corrected chi connectivity index (χ1v) is 6.17. The quantitative estimate of drug-likeness (QED) is 0.884. The number of aliphatic hydroxyl groups excluding tert-OH is 1.